The maximum atomic E-state index is 11.4. The highest BCUT2D eigenvalue weighted by atomic mass is 35.5. The van der Waals surface area contributed by atoms with Crippen LogP contribution < -0.4 is 4.74 Å². The molecule has 0 aliphatic rings. The lowest BCUT2D eigenvalue weighted by molar-refractivity contribution is -0.481. The van der Waals surface area contributed by atoms with Gasteiger partial charge in [0.2, 0.25) is 6.54 Å². The summed E-state index contributed by atoms with van der Waals surface area (Å²) in [5.41, 5.74) is 3.54. The van der Waals surface area contributed by atoms with E-state index < -0.39 is 5.92 Å². The number of hydrogen-bond acceptors (Lipinski definition) is 3. The highest BCUT2D eigenvalue weighted by molar-refractivity contribution is 6.32. The van der Waals surface area contributed by atoms with Crippen molar-refractivity contribution in [2.24, 2.45) is 0 Å². The van der Waals surface area contributed by atoms with Gasteiger partial charge < -0.3 is 9.72 Å². The summed E-state index contributed by atoms with van der Waals surface area (Å²) in [6, 6.07) is 20.5. The van der Waals surface area contributed by atoms with E-state index in [1.54, 1.807) is 24.3 Å². The zero-order valence-corrected chi connectivity index (χ0v) is 17.4. The summed E-state index contributed by atoms with van der Waals surface area (Å²) in [6.07, 6.45) is 1.83. The summed E-state index contributed by atoms with van der Waals surface area (Å²) in [5, 5.41) is 13.4. The lowest BCUT2D eigenvalue weighted by atomic mass is 9.91. The Hall–Kier alpha value is -3.02. The number of hydrogen-bond donors (Lipinski definition) is 1. The number of fused-ring (bicyclic) bond motifs is 1. The lowest BCUT2D eigenvalue weighted by Crippen LogP contribution is -2.13. The highest BCUT2D eigenvalue weighted by Crippen LogP contribution is 2.35. The quantitative estimate of drug-likeness (QED) is 0.264. The summed E-state index contributed by atoms with van der Waals surface area (Å²) in [5.74, 6) is 0.0908. The van der Waals surface area contributed by atoms with Gasteiger partial charge in [0.15, 0.2) is 0 Å². The van der Waals surface area contributed by atoms with Gasteiger partial charge in [-0.05, 0) is 47.0 Å². The molecule has 0 unspecified atom stereocenters. The molecular formula is C23H18Cl2N2O3. The van der Waals surface area contributed by atoms with Crippen molar-refractivity contribution in [2.45, 2.75) is 12.5 Å². The Morgan fingerprint density at radius 2 is 1.80 bits per heavy atom. The molecule has 0 radical (unpaired) electrons. The second kappa shape index (κ2) is 8.78. The van der Waals surface area contributed by atoms with Crippen molar-refractivity contribution in [3.63, 3.8) is 0 Å². The predicted molar refractivity (Wildman–Crippen MR) is 119 cm³/mol. The summed E-state index contributed by atoms with van der Waals surface area (Å²) < 4.78 is 5.82. The van der Waals surface area contributed by atoms with Crippen molar-refractivity contribution in [3.05, 3.63) is 110 Å². The van der Waals surface area contributed by atoms with Gasteiger partial charge in [-0.2, -0.15) is 0 Å². The van der Waals surface area contributed by atoms with Crippen LogP contribution in [0.1, 0.15) is 22.6 Å². The van der Waals surface area contributed by atoms with Crippen LogP contribution in [0.3, 0.4) is 0 Å². The smallest absolute Gasteiger partial charge is 0.214 e. The number of aromatic nitrogens is 1. The highest BCUT2D eigenvalue weighted by Gasteiger charge is 2.24. The summed E-state index contributed by atoms with van der Waals surface area (Å²) in [4.78, 5) is 14.3. The van der Waals surface area contributed by atoms with Crippen LogP contribution in [0.25, 0.3) is 10.9 Å². The zero-order valence-electron chi connectivity index (χ0n) is 15.8. The van der Waals surface area contributed by atoms with Gasteiger partial charge in [-0.15, -0.1) is 0 Å². The third-order valence-electron chi connectivity index (χ3n) is 4.99. The summed E-state index contributed by atoms with van der Waals surface area (Å²) in [6.45, 7) is 0.111. The molecule has 0 spiro atoms. The molecule has 0 aliphatic heterocycles. The molecule has 0 saturated heterocycles. The molecule has 0 bridgehead atoms. The standard InChI is InChI=1S/C23H18Cl2N2O3/c24-17-8-5-15(6-9-17)14-30-23-10-7-16(11-21(23)25)20(13-27(28)29)19-12-26-22-4-2-1-3-18(19)22/h1-12,20,26H,13-14H2/t20-/m1/s1. The number of rotatable bonds is 7. The van der Waals surface area contributed by atoms with Gasteiger partial charge in [-0.3, -0.25) is 10.1 Å². The molecule has 0 fully saturated rings. The van der Waals surface area contributed by atoms with Crippen LogP contribution in [-0.4, -0.2) is 16.5 Å². The number of para-hydroxylation sites is 1. The second-order valence-electron chi connectivity index (χ2n) is 6.96. The molecule has 152 valence electrons. The van der Waals surface area contributed by atoms with E-state index in [0.717, 1.165) is 27.6 Å². The molecule has 1 heterocycles. The van der Waals surface area contributed by atoms with Crippen LogP contribution in [0.2, 0.25) is 10.0 Å². The average molecular weight is 441 g/mol. The van der Waals surface area contributed by atoms with Crippen LogP contribution >= 0.6 is 23.2 Å². The number of benzene rings is 3. The van der Waals surface area contributed by atoms with Crippen molar-refractivity contribution in [3.8, 4) is 5.75 Å². The van der Waals surface area contributed by atoms with Crippen LogP contribution in [0.4, 0.5) is 0 Å². The van der Waals surface area contributed by atoms with E-state index in [-0.39, 0.29) is 11.5 Å². The fraction of sp³-hybridized carbons (Fsp3) is 0.130. The Balaban J connectivity index is 1.61. The van der Waals surface area contributed by atoms with Gasteiger partial charge in [0.1, 0.15) is 12.4 Å². The number of aromatic amines is 1. The Morgan fingerprint density at radius 3 is 2.53 bits per heavy atom. The van der Waals surface area contributed by atoms with Crippen LogP contribution in [0.5, 0.6) is 5.75 Å². The molecule has 0 saturated carbocycles. The first-order chi connectivity index (χ1) is 14.5. The molecule has 4 aromatic rings. The van der Waals surface area contributed by atoms with Gasteiger partial charge in [-0.1, -0.05) is 59.6 Å². The van der Waals surface area contributed by atoms with E-state index >= 15 is 0 Å². The molecule has 4 rings (SSSR count). The Bertz CT molecular complexity index is 1190. The fourth-order valence-corrected chi connectivity index (χ4v) is 3.88. The van der Waals surface area contributed by atoms with Gasteiger partial charge in [-0.25, -0.2) is 0 Å². The molecule has 0 amide bonds. The van der Waals surface area contributed by atoms with Gasteiger partial charge in [0.25, 0.3) is 0 Å². The monoisotopic (exact) mass is 440 g/mol. The Labute approximate surface area is 183 Å². The Kier molecular flexibility index (Phi) is 5.93. The van der Waals surface area contributed by atoms with Crippen molar-refractivity contribution >= 4 is 34.1 Å². The largest absolute Gasteiger partial charge is 0.487 e. The maximum Gasteiger partial charge on any atom is 0.214 e. The molecule has 1 aromatic heterocycles. The first-order valence-corrected chi connectivity index (χ1v) is 10.1. The van der Waals surface area contributed by atoms with Crippen LogP contribution in [-0.2, 0) is 6.61 Å². The number of H-pyrrole nitrogens is 1. The first-order valence-electron chi connectivity index (χ1n) is 9.36. The number of nitrogens with zero attached hydrogens (tertiary/aromatic N) is 1. The van der Waals surface area contributed by atoms with E-state index in [1.807, 2.05) is 48.7 Å². The lowest BCUT2D eigenvalue weighted by Gasteiger charge is -2.15. The third kappa shape index (κ3) is 4.42. The summed E-state index contributed by atoms with van der Waals surface area (Å²) >= 11 is 12.4. The number of halogens is 2. The second-order valence-corrected chi connectivity index (χ2v) is 7.81. The number of nitro groups is 1. The minimum atomic E-state index is -0.432. The first kappa shape index (κ1) is 20.3. The van der Waals surface area contributed by atoms with E-state index in [2.05, 4.69) is 4.98 Å². The fourth-order valence-electron chi connectivity index (χ4n) is 3.51. The third-order valence-corrected chi connectivity index (χ3v) is 5.54. The van der Waals surface area contributed by atoms with Crippen molar-refractivity contribution in [1.82, 2.24) is 4.98 Å². The number of nitrogens with one attached hydrogen (secondary N) is 1. The predicted octanol–water partition coefficient (Wildman–Crippen LogP) is 6.46. The van der Waals surface area contributed by atoms with Crippen molar-refractivity contribution in [1.29, 1.82) is 0 Å². The van der Waals surface area contributed by atoms with E-state index in [0.29, 0.717) is 22.4 Å². The van der Waals surface area contributed by atoms with Crippen LogP contribution in [0.15, 0.2) is 72.9 Å². The molecular weight excluding hydrogens is 423 g/mol. The molecule has 1 N–H and O–H groups in total. The van der Waals surface area contributed by atoms with E-state index in [1.165, 1.54) is 0 Å². The molecule has 3 aromatic carbocycles. The van der Waals surface area contributed by atoms with E-state index in [9.17, 15) is 10.1 Å². The van der Waals surface area contributed by atoms with E-state index in [4.69, 9.17) is 27.9 Å². The summed E-state index contributed by atoms with van der Waals surface area (Å²) in [7, 11) is 0. The maximum absolute atomic E-state index is 11.4. The SMILES string of the molecule is O=[N+]([O-])C[C@H](c1ccc(OCc2ccc(Cl)cc2)c(Cl)c1)c1c[nH]c2ccccc12. The molecule has 0 aliphatic carbocycles. The molecule has 7 heteroatoms. The molecule has 5 nitrogen and oxygen atoms in total. The average Bonchev–Trinajstić information content (AvgIpc) is 3.16. The van der Waals surface area contributed by atoms with Gasteiger partial charge in [0, 0.05) is 27.0 Å². The molecule has 30 heavy (non-hydrogen) atoms. The van der Waals surface area contributed by atoms with Gasteiger partial charge >= 0.3 is 0 Å². The van der Waals surface area contributed by atoms with Gasteiger partial charge in [0.05, 0.1) is 10.9 Å². The molecule has 1 atom stereocenters. The van der Waals surface area contributed by atoms with Crippen molar-refractivity contribution < 1.29 is 9.66 Å². The normalized spacial score (nSPS) is 12.1. The number of ether oxygens (including phenoxy) is 1. The van der Waals surface area contributed by atoms with Crippen molar-refractivity contribution in [2.75, 3.05) is 6.54 Å². The topological polar surface area (TPSA) is 68.2 Å². The zero-order chi connectivity index (χ0) is 21.1. The Morgan fingerprint density at radius 1 is 1.03 bits per heavy atom. The minimum absolute atomic E-state index is 0.233. The van der Waals surface area contributed by atoms with Crippen LogP contribution in [0, 0.1) is 10.1 Å². The minimum Gasteiger partial charge on any atom is -0.487 e.